The first kappa shape index (κ1) is 18.5. The number of aryl methyl sites for hydroxylation is 1. The smallest absolute Gasteiger partial charge is 0.131 e. The molecule has 5 heteroatoms. The Hall–Kier alpha value is -2.82. The van der Waals surface area contributed by atoms with Gasteiger partial charge in [-0.3, -0.25) is 0 Å². The minimum Gasteiger partial charge on any atom is -0.370 e. The second-order valence-corrected chi connectivity index (χ2v) is 7.51. The molecule has 0 amide bonds. The number of allylic oxidation sites excluding steroid dienone is 1. The van der Waals surface area contributed by atoms with E-state index in [1.54, 1.807) is 5.57 Å². The number of nitrogens with zero attached hydrogens (tertiary/aromatic N) is 2. The van der Waals surface area contributed by atoms with Crippen LogP contribution >= 0.6 is 0 Å². The van der Waals surface area contributed by atoms with Crippen LogP contribution in [0.25, 0.3) is 10.9 Å². The van der Waals surface area contributed by atoms with E-state index in [-0.39, 0.29) is 0 Å². The highest BCUT2D eigenvalue weighted by Gasteiger charge is 2.06. The Kier molecular flexibility index (Phi) is 5.90. The van der Waals surface area contributed by atoms with Gasteiger partial charge in [0.15, 0.2) is 0 Å². The van der Waals surface area contributed by atoms with Crippen molar-refractivity contribution in [3.05, 3.63) is 59.6 Å². The molecule has 0 bridgehead atoms. The van der Waals surface area contributed by atoms with E-state index in [4.69, 9.17) is 0 Å². The lowest BCUT2D eigenvalue weighted by Gasteiger charge is -2.14. The van der Waals surface area contributed by atoms with E-state index in [2.05, 4.69) is 62.1 Å². The lowest BCUT2D eigenvalue weighted by molar-refractivity contribution is 0.679. The van der Waals surface area contributed by atoms with E-state index in [9.17, 15) is 0 Å². The summed E-state index contributed by atoms with van der Waals surface area (Å²) in [5.41, 5.74) is 4.10. The van der Waals surface area contributed by atoms with Gasteiger partial charge >= 0.3 is 0 Å². The summed E-state index contributed by atoms with van der Waals surface area (Å²) in [4.78, 5) is 12.4. The van der Waals surface area contributed by atoms with Crippen molar-refractivity contribution in [3.8, 4) is 0 Å². The van der Waals surface area contributed by atoms with Crippen LogP contribution in [0, 0.1) is 6.92 Å². The van der Waals surface area contributed by atoms with Crippen molar-refractivity contribution in [2.45, 2.75) is 45.4 Å². The van der Waals surface area contributed by atoms with E-state index < -0.39 is 0 Å². The first-order valence-corrected chi connectivity index (χ1v) is 10.3. The van der Waals surface area contributed by atoms with Crippen LogP contribution in [-0.2, 0) is 6.42 Å². The average Bonchev–Trinajstić information content (AvgIpc) is 3.12. The van der Waals surface area contributed by atoms with Crippen molar-refractivity contribution in [3.63, 3.8) is 0 Å². The molecule has 0 saturated carbocycles. The van der Waals surface area contributed by atoms with Gasteiger partial charge in [-0.05, 0) is 57.1 Å². The summed E-state index contributed by atoms with van der Waals surface area (Å²) in [5, 5.41) is 8.21. The van der Waals surface area contributed by atoms with Crippen LogP contribution in [0.1, 0.15) is 43.5 Å². The van der Waals surface area contributed by atoms with Crippen molar-refractivity contribution in [2.75, 3.05) is 23.7 Å². The van der Waals surface area contributed by atoms with E-state index >= 15 is 0 Å². The molecular formula is C23H29N5. The summed E-state index contributed by atoms with van der Waals surface area (Å²) in [6.45, 7) is 3.71. The zero-order chi connectivity index (χ0) is 19.2. The summed E-state index contributed by atoms with van der Waals surface area (Å²) < 4.78 is 0. The summed E-state index contributed by atoms with van der Waals surface area (Å²) in [7, 11) is 0. The molecule has 0 saturated heterocycles. The maximum absolute atomic E-state index is 4.53. The van der Waals surface area contributed by atoms with Gasteiger partial charge in [-0.25, -0.2) is 9.97 Å². The highest BCUT2D eigenvalue weighted by atomic mass is 15.1. The Bertz CT molecular complexity index is 957. The molecule has 1 aliphatic carbocycles. The fourth-order valence-corrected chi connectivity index (χ4v) is 3.90. The highest BCUT2D eigenvalue weighted by Crippen LogP contribution is 2.21. The maximum atomic E-state index is 4.53. The maximum Gasteiger partial charge on any atom is 0.131 e. The second kappa shape index (κ2) is 8.91. The molecule has 146 valence electrons. The summed E-state index contributed by atoms with van der Waals surface area (Å²) in [5.74, 6) is 2.57. The molecule has 1 aromatic carbocycles. The molecule has 3 N–H and O–H groups in total. The Labute approximate surface area is 166 Å². The summed E-state index contributed by atoms with van der Waals surface area (Å²) in [6.07, 6.45) is 11.7. The van der Waals surface area contributed by atoms with Gasteiger partial charge in [-0.1, -0.05) is 29.8 Å². The normalized spacial score (nSPS) is 14.1. The van der Waals surface area contributed by atoms with Gasteiger partial charge < -0.3 is 15.6 Å². The van der Waals surface area contributed by atoms with Crippen molar-refractivity contribution in [2.24, 2.45) is 0 Å². The van der Waals surface area contributed by atoms with Crippen molar-refractivity contribution in [1.82, 2.24) is 15.0 Å². The zero-order valence-electron chi connectivity index (χ0n) is 16.6. The van der Waals surface area contributed by atoms with Crippen LogP contribution in [0.5, 0.6) is 0 Å². The third-order valence-corrected chi connectivity index (χ3v) is 5.35. The molecule has 0 fully saturated rings. The van der Waals surface area contributed by atoms with Crippen LogP contribution in [0.3, 0.4) is 0 Å². The summed E-state index contributed by atoms with van der Waals surface area (Å²) in [6, 6.07) is 10.4. The SMILES string of the molecule is Cc1nc(NCCC2=CCCCC2)cc(NCCc2c[nH]c3ccccc23)n1. The number of nitrogens with one attached hydrogen (secondary N) is 3. The average molecular weight is 376 g/mol. The molecule has 0 unspecified atom stereocenters. The first-order valence-electron chi connectivity index (χ1n) is 10.3. The number of H-pyrrole nitrogens is 1. The molecule has 0 spiro atoms. The third kappa shape index (κ3) is 4.71. The molecule has 3 aromatic rings. The van der Waals surface area contributed by atoms with Crippen molar-refractivity contribution >= 4 is 22.5 Å². The monoisotopic (exact) mass is 375 g/mol. The third-order valence-electron chi connectivity index (χ3n) is 5.35. The number of fused-ring (bicyclic) bond motifs is 1. The van der Waals surface area contributed by atoms with Crippen molar-refractivity contribution < 1.29 is 0 Å². The lowest BCUT2D eigenvalue weighted by atomic mass is 9.97. The lowest BCUT2D eigenvalue weighted by Crippen LogP contribution is -2.10. The molecule has 0 radical (unpaired) electrons. The Morgan fingerprint density at radius 1 is 1.00 bits per heavy atom. The van der Waals surface area contributed by atoms with Gasteiger partial charge in [-0.2, -0.15) is 0 Å². The Morgan fingerprint density at radius 3 is 2.57 bits per heavy atom. The largest absolute Gasteiger partial charge is 0.370 e. The van der Waals surface area contributed by atoms with Crippen LogP contribution < -0.4 is 10.6 Å². The minimum atomic E-state index is 0.788. The number of benzene rings is 1. The minimum absolute atomic E-state index is 0.788. The van der Waals surface area contributed by atoms with Gasteiger partial charge in [0.2, 0.25) is 0 Å². The van der Waals surface area contributed by atoms with Gasteiger partial charge in [0, 0.05) is 36.3 Å². The quantitative estimate of drug-likeness (QED) is 0.472. The highest BCUT2D eigenvalue weighted by molar-refractivity contribution is 5.83. The Morgan fingerprint density at radius 2 is 1.79 bits per heavy atom. The van der Waals surface area contributed by atoms with Crippen LogP contribution in [-0.4, -0.2) is 28.0 Å². The van der Waals surface area contributed by atoms with Crippen molar-refractivity contribution in [1.29, 1.82) is 0 Å². The molecule has 1 aliphatic rings. The van der Waals surface area contributed by atoms with Gasteiger partial charge in [0.05, 0.1) is 0 Å². The van der Waals surface area contributed by atoms with Crippen LogP contribution in [0.2, 0.25) is 0 Å². The standard InChI is InChI=1S/C23H29N5/c1-17-27-22(24-13-11-18-7-3-2-4-8-18)15-23(28-17)25-14-12-19-16-26-21-10-6-5-9-20(19)21/h5-7,9-10,15-16,26H,2-4,8,11-14H2,1H3,(H2,24,25,27,28). The van der Waals surface area contributed by atoms with E-state index in [1.807, 2.05) is 13.0 Å². The molecule has 2 heterocycles. The number of hydrogen-bond acceptors (Lipinski definition) is 4. The molecule has 5 nitrogen and oxygen atoms in total. The molecule has 0 atom stereocenters. The fraction of sp³-hybridized carbons (Fsp3) is 0.391. The van der Waals surface area contributed by atoms with E-state index in [0.29, 0.717) is 0 Å². The first-order chi connectivity index (χ1) is 13.8. The molecule has 4 rings (SSSR count). The number of hydrogen-bond donors (Lipinski definition) is 3. The van der Waals surface area contributed by atoms with Gasteiger partial charge in [-0.15, -0.1) is 0 Å². The van der Waals surface area contributed by atoms with Gasteiger partial charge in [0.25, 0.3) is 0 Å². The predicted molar refractivity (Wildman–Crippen MR) is 117 cm³/mol. The second-order valence-electron chi connectivity index (χ2n) is 7.51. The molecular weight excluding hydrogens is 346 g/mol. The molecule has 0 aliphatic heterocycles. The number of anilines is 2. The number of aromatic amines is 1. The topological polar surface area (TPSA) is 65.6 Å². The van der Waals surface area contributed by atoms with E-state index in [0.717, 1.165) is 43.4 Å². The molecule has 28 heavy (non-hydrogen) atoms. The number of para-hydroxylation sites is 1. The van der Waals surface area contributed by atoms with E-state index in [1.165, 1.54) is 42.1 Å². The zero-order valence-corrected chi connectivity index (χ0v) is 16.6. The predicted octanol–water partition coefficient (Wildman–Crippen LogP) is 5.22. The summed E-state index contributed by atoms with van der Waals surface area (Å²) >= 11 is 0. The fourth-order valence-electron chi connectivity index (χ4n) is 3.90. The molecule has 2 aromatic heterocycles. The number of rotatable bonds is 8. The van der Waals surface area contributed by atoms with Crippen LogP contribution in [0.4, 0.5) is 11.6 Å². The number of aromatic nitrogens is 3. The van der Waals surface area contributed by atoms with Gasteiger partial charge in [0.1, 0.15) is 17.5 Å². The Balaban J connectivity index is 1.31. The van der Waals surface area contributed by atoms with Crippen LogP contribution in [0.15, 0.2) is 48.2 Å².